The van der Waals surface area contributed by atoms with Gasteiger partial charge < -0.3 is 9.64 Å². The summed E-state index contributed by atoms with van der Waals surface area (Å²) in [5.74, 6) is 0.874. The number of morpholine rings is 1. The molecule has 0 N–H and O–H groups in total. The fraction of sp³-hybridized carbons (Fsp3) is 0.500. The van der Waals surface area contributed by atoms with Gasteiger partial charge in [-0.3, -0.25) is 4.40 Å². The third-order valence-corrected chi connectivity index (χ3v) is 3.53. The second-order valence-electron chi connectivity index (χ2n) is 3.91. The minimum absolute atomic E-state index is 0.203. The van der Waals surface area contributed by atoms with Crippen LogP contribution in [-0.4, -0.2) is 50.7 Å². The Labute approximate surface area is 107 Å². The van der Waals surface area contributed by atoms with Gasteiger partial charge in [-0.15, -0.1) is 10.2 Å². The van der Waals surface area contributed by atoms with Crippen LogP contribution in [0.2, 0.25) is 0 Å². The fourth-order valence-corrected chi connectivity index (χ4v) is 2.37. The quantitative estimate of drug-likeness (QED) is 0.765. The van der Waals surface area contributed by atoms with E-state index in [-0.39, 0.29) is 6.10 Å². The lowest BCUT2D eigenvalue weighted by Crippen LogP contribution is -2.43. The van der Waals surface area contributed by atoms with Crippen molar-refractivity contribution in [3.8, 4) is 0 Å². The summed E-state index contributed by atoms with van der Waals surface area (Å²) in [6.45, 7) is 2.38. The molecule has 0 spiro atoms. The van der Waals surface area contributed by atoms with E-state index in [1.54, 1.807) is 12.5 Å². The number of halogens is 1. The van der Waals surface area contributed by atoms with E-state index in [9.17, 15) is 0 Å². The predicted molar refractivity (Wildman–Crippen MR) is 66.5 cm³/mol. The normalized spacial score (nSPS) is 21.0. The van der Waals surface area contributed by atoms with Crippen molar-refractivity contribution in [3.63, 3.8) is 0 Å². The molecule has 0 radical (unpaired) electrons. The summed E-state index contributed by atoms with van der Waals surface area (Å²) >= 11 is 3.45. The van der Waals surface area contributed by atoms with Gasteiger partial charge in [-0.05, 0) is 0 Å². The molecule has 0 aliphatic carbocycles. The zero-order valence-corrected chi connectivity index (χ0v) is 10.7. The van der Waals surface area contributed by atoms with Crippen molar-refractivity contribution in [2.45, 2.75) is 6.10 Å². The van der Waals surface area contributed by atoms with Gasteiger partial charge in [0, 0.05) is 30.8 Å². The molecule has 1 atom stereocenters. The van der Waals surface area contributed by atoms with Crippen LogP contribution < -0.4 is 4.90 Å². The van der Waals surface area contributed by atoms with Crippen LogP contribution in [-0.2, 0) is 4.74 Å². The van der Waals surface area contributed by atoms with Crippen molar-refractivity contribution >= 4 is 27.4 Å². The maximum atomic E-state index is 5.61. The molecule has 90 valence electrons. The van der Waals surface area contributed by atoms with Crippen molar-refractivity contribution in [1.82, 2.24) is 19.6 Å². The van der Waals surface area contributed by atoms with Gasteiger partial charge >= 0.3 is 0 Å². The van der Waals surface area contributed by atoms with Gasteiger partial charge in [-0.1, -0.05) is 15.9 Å². The van der Waals surface area contributed by atoms with Gasteiger partial charge in [0.1, 0.15) is 6.33 Å². The lowest BCUT2D eigenvalue weighted by Gasteiger charge is -2.32. The number of fused-ring (bicyclic) bond motifs is 1. The number of rotatable bonds is 2. The van der Waals surface area contributed by atoms with Crippen LogP contribution >= 0.6 is 15.9 Å². The molecular formula is C10H12BrN5O. The molecule has 17 heavy (non-hydrogen) atoms. The second kappa shape index (κ2) is 4.58. The van der Waals surface area contributed by atoms with Gasteiger partial charge in [-0.25, -0.2) is 4.98 Å². The number of anilines is 1. The summed E-state index contributed by atoms with van der Waals surface area (Å²) in [6, 6.07) is 0. The van der Waals surface area contributed by atoms with E-state index >= 15 is 0 Å². The highest BCUT2D eigenvalue weighted by Gasteiger charge is 2.22. The van der Waals surface area contributed by atoms with Crippen molar-refractivity contribution in [2.75, 3.05) is 29.9 Å². The number of nitrogens with zero attached hydrogens (tertiary/aromatic N) is 5. The average molecular weight is 298 g/mol. The van der Waals surface area contributed by atoms with Crippen molar-refractivity contribution in [3.05, 3.63) is 18.7 Å². The minimum atomic E-state index is 0.203. The molecule has 3 heterocycles. The first kappa shape index (κ1) is 10.9. The zero-order chi connectivity index (χ0) is 11.7. The van der Waals surface area contributed by atoms with E-state index in [1.807, 2.05) is 10.6 Å². The standard InChI is InChI=1S/C10H12BrN5O/c11-5-8-6-15(3-4-17-8)9-10-14-13-7-16(10)2-1-12-9/h1-2,7-8H,3-6H2. The van der Waals surface area contributed by atoms with E-state index in [1.165, 1.54) is 0 Å². The van der Waals surface area contributed by atoms with Crippen LogP contribution in [0.3, 0.4) is 0 Å². The van der Waals surface area contributed by atoms with Crippen LogP contribution in [0.25, 0.3) is 5.65 Å². The van der Waals surface area contributed by atoms with Gasteiger partial charge in [0.15, 0.2) is 5.82 Å². The molecule has 0 aromatic carbocycles. The Morgan fingerprint density at radius 1 is 1.53 bits per heavy atom. The van der Waals surface area contributed by atoms with E-state index in [2.05, 4.69) is 36.0 Å². The molecule has 1 saturated heterocycles. The maximum absolute atomic E-state index is 5.61. The van der Waals surface area contributed by atoms with Crippen LogP contribution in [0, 0.1) is 0 Å². The molecule has 1 aliphatic heterocycles. The molecular weight excluding hydrogens is 286 g/mol. The van der Waals surface area contributed by atoms with Crippen LogP contribution in [0.5, 0.6) is 0 Å². The molecule has 0 bridgehead atoms. The number of alkyl halides is 1. The summed E-state index contributed by atoms with van der Waals surface area (Å²) in [5, 5.41) is 8.84. The topological polar surface area (TPSA) is 55.6 Å². The molecule has 0 saturated carbocycles. The monoisotopic (exact) mass is 297 g/mol. The molecule has 0 amide bonds. The van der Waals surface area contributed by atoms with Gasteiger partial charge in [-0.2, -0.15) is 0 Å². The first-order valence-electron chi connectivity index (χ1n) is 5.45. The largest absolute Gasteiger partial charge is 0.374 e. The molecule has 1 aliphatic rings. The Morgan fingerprint density at radius 2 is 2.47 bits per heavy atom. The van der Waals surface area contributed by atoms with Crippen LogP contribution in [0.1, 0.15) is 0 Å². The molecule has 3 rings (SSSR count). The Hall–Kier alpha value is -1.21. The number of ether oxygens (including phenoxy) is 1. The van der Waals surface area contributed by atoms with E-state index in [0.29, 0.717) is 6.61 Å². The summed E-state index contributed by atoms with van der Waals surface area (Å²) in [7, 11) is 0. The highest BCUT2D eigenvalue weighted by molar-refractivity contribution is 9.09. The van der Waals surface area contributed by atoms with Gasteiger partial charge in [0.2, 0.25) is 5.65 Å². The Balaban J connectivity index is 1.94. The summed E-state index contributed by atoms with van der Waals surface area (Å²) in [6.07, 6.45) is 5.50. The third-order valence-electron chi connectivity index (χ3n) is 2.81. The Bertz CT molecular complexity index is 516. The molecule has 2 aromatic rings. The Kier molecular flexibility index (Phi) is 2.94. The van der Waals surface area contributed by atoms with Crippen LogP contribution in [0.4, 0.5) is 5.82 Å². The molecule has 7 heteroatoms. The lowest BCUT2D eigenvalue weighted by atomic mass is 10.3. The zero-order valence-electron chi connectivity index (χ0n) is 9.16. The Morgan fingerprint density at radius 3 is 3.35 bits per heavy atom. The predicted octanol–water partition coefficient (Wildman–Crippen LogP) is 0.724. The number of aromatic nitrogens is 4. The highest BCUT2D eigenvalue weighted by atomic mass is 79.9. The first-order chi connectivity index (χ1) is 8.38. The van der Waals surface area contributed by atoms with Gasteiger partial charge in [0.25, 0.3) is 0 Å². The molecule has 6 nitrogen and oxygen atoms in total. The minimum Gasteiger partial charge on any atom is -0.374 e. The van der Waals surface area contributed by atoms with Gasteiger partial charge in [0.05, 0.1) is 12.7 Å². The summed E-state index contributed by atoms with van der Waals surface area (Å²) in [4.78, 5) is 6.60. The lowest BCUT2D eigenvalue weighted by molar-refractivity contribution is 0.0569. The fourth-order valence-electron chi connectivity index (χ4n) is 1.97. The molecule has 1 unspecified atom stereocenters. The van der Waals surface area contributed by atoms with Crippen molar-refractivity contribution in [1.29, 1.82) is 0 Å². The smallest absolute Gasteiger partial charge is 0.203 e. The maximum Gasteiger partial charge on any atom is 0.203 e. The number of hydrogen-bond acceptors (Lipinski definition) is 5. The van der Waals surface area contributed by atoms with Crippen molar-refractivity contribution < 1.29 is 4.74 Å². The third kappa shape index (κ3) is 2.00. The molecule has 1 fully saturated rings. The van der Waals surface area contributed by atoms with E-state index in [4.69, 9.17) is 4.74 Å². The number of hydrogen-bond donors (Lipinski definition) is 0. The van der Waals surface area contributed by atoms with E-state index in [0.717, 1.165) is 29.9 Å². The SMILES string of the molecule is BrCC1CN(c2nccn3cnnc23)CCO1. The second-order valence-corrected chi connectivity index (χ2v) is 4.55. The van der Waals surface area contributed by atoms with Crippen molar-refractivity contribution in [2.24, 2.45) is 0 Å². The average Bonchev–Trinajstić information content (AvgIpc) is 2.87. The summed E-state index contributed by atoms with van der Waals surface area (Å²) < 4.78 is 7.49. The first-order valence-corrected chi connectivity index (χ1v) is 6.57. The summed E-state index contributed by atoms with van der Waals surface area (Å²) in [5.41, 5.74) is 0.794. The highest BCUT2D eigenvalue weighted by Crippen LogP contribution is 2.19. The molecule has 2 aromatic heterocycles. The van der Waals surface area contributed by atoms with E-state index < -0.39 is 0 Å². The van der Waals surface area contributed by atoms with Crippen LogP contribution in [0.15, 0.2) is 18.7 Å².